The smallest absolute Gasteiger partial charge is 0.333 e. The molecule has 2 aromatic rings. The van der Waals surface area contributed by atoms with Crippen molar-refractivity contribution in [1.29, 1.82) is 0 Å². The van der Waals surface area contributed by atoms with Gasteiger partial charge in [0.2, 0.25) is 0 Å². The predicted octanol–water partition coefficient (Wildman–Crippen LogP) is 2.81. The number of halogens is 3. The Hall–Kier alpha value is -1.73. The monoisotopic (exact) mass is 316 g/mol. The van der Waals surface area contributed by atoms with Crippen LogP contribution in [0.15, 0.2) is 24.5 Å². The molecule has 0 atom stereocenters. The second-order valence-electron chi connectivity index (χ2n) is 4.48. The number of rotatable bonds is 6. The summed E-state index contributed by atoms with van der Waals surface area (Å²) in [6.45, 7) is -2.02. The molecule has 2 heterocycles. The van der Waals surface area contributed by atoms with Crippen LogP contribution in [0.3, 0.4) is 0 Å². The van der Waals surface area contributed by atoms with Crippen LogP contribution in [0.2, 0.25) is 5.15 Å². The fraction of sp³-hybridized carbons (Fsp3) is 0.385. The van der Waals surface area contributed by atoms with Gasteiger partial charge < -0.3 is 10.0 Å². The van der Waals surface area contributed by atoms with Crippen molar-refractivity contribution >= 4 is 17.3 Å². The highest BCUT2D eigenvalue weighted by molar-refractivity contribution is 6.29. The summed E-state index contributed by atoms with van der Waals surface area (Å²) in [5, 5.41) is 13.0. The van der Waals surface area contributed by atoms with Gasteiger partial charge in [0.25, 0.3) is 0 Å². The molecule has 0 aromatic carbocycles. The van der Waals surface area contributed by atoms with E-state index < -0.39 is 6.55 Å². The van der Waals surface area contributed by atoms with Crippen molar-refractivity contribution in [2.24, 2.45) is 0 Å². The Bertz CT molecular complexity index is 606. The number of aliphatic hydroxyl groups is 1. The standard InChI is InChI=1S/C13H15ClF2N4O/c1-19(4-2-6-21)11-7-12(14)17-8-9(11)10-3-5-20(18-10)13(15)16/h3,5,7-8,13,21H,2,4,6H2,1H3. The molecule has 0 amide bonds. The minimum atomic E-state index is -2.69. The molecule has 0 bridgehead atoms. The zero-order chi connectivity index (χ0) is 15.4. The number of anilines is 1. The lowest BCUT2D eigenvalue weighted by Crippen LogP contribution is -2.20. The molecule has 0 radical (unpaired) electrons. The van der Waals surface area contributed by atoms with Crippen LogP contribution in [-0.4, -0.2) is 40.1 Å². The van der Waals surface area contributed by atoms with Crippen LogP contribution in [0.4, 0.5) is 14.5 Å². The van der Waals surface area contributed by atoms with E-state index in [0.717, 1.165) is 5.69 Å². The summed E-state index contributed by atoms with van der Waals surface area (Å²) in [4.78, 5) is 5.86. The molecule has 0 fully saturated rings. The van der Waals surface area contributed by atoms with E-state index in [9.17, 15) is 8.78 Å². The molecular formula is C13H15ClF2N4O. The largest absolute Gasteiger partial charge is 0.396 e. The van der Waals surface area contributed by atoms with Crippen molar-refractivity contribution in [2.45, 2.75) is 13.0 Å². The third-order valence-electron chi connectivity index (χ3n) is 3.00. The molecular weight excluding hydrogens is 302 g/mol. The van der Waals surface area contributed by atoms with E-state index in [4.69, 9.17) is 16.7 Å². The van der Waals surface area contributed by atoms with Crippen LogP contribution in [0.25, 0.3) is 11.3 Å². The first-order valence-corrected chi connectivity index (χ1v) is 6.72. The summed E-state index contributed by atoms with van der Waals surface area (Å²) in [6, 6.07) is 3.15. The highest BCUT2D eigenvalue weighted by Crippen LogP contribution is 2.31. The SMILES string of the molecule is CN(CCCO)c1cc(Cl)ncc1-c1ccn(C(F)F)n1. The Morgan fingerprint density at radius 1 is 1.48 bits per heavy atom. The van der Waals surface area contributed by atoms with Gasteiger partial charge in [-0.05, 0) is 18.6 Å². The van der Waals surface area contributed by atoms with E-state index in [1.54, 1.807) is 6.07 Å². The first-order valence-electron chi connectivity index (χ1n) is 6.34. The van der Waals surface area contributed by atoms with Crippen LogP contribution in [-0.2, 0) is 0 Å². The first kappa shape index (κ1) is 15.7. The minimum Gasteiger partial charge on any atom is -0.396 e. The summed E-state index contributed by atoms with van der Waals surface area (Å²) < 4.78 is 25.8. The first-order chi connectivity index (χ1) is 10.0. The molecule has 2 rings (SSSR count). The van der Waals surface area contributed by atoms with Crippen molar-refractivity contribution in [3.05, 3.63) is 29.7 Å². The lowest BCUT2D eigenvalue weighted by Gasteiger charge is -2.21. The van der Waals surface area contributed by atoms with Crippen molar-refractivity contribution < 1.29 is 13.9 Å². The fourth-order valence-corrected chi connectivity index (χ4v) is 2.10. The van der Waals surface area contributed by atoms with Gasteiger partial charge in [-0.2, -0.15) is 13.9 Å². The van der Waals surface area contributed by atoms with Gasteiger partial charge >= 0.3 is 6.55 Å². The number of aliphatic hydroxyl groups excluding tert-OH is 1. The number of hydrogen-bond donors (Lipinski definition) is 1. The molecule has 21 heavy (non-hydrogen) atoms. The summed E-state index contributed by atoms with van der Waals surface area (Å²) in [5.41, 5.74) is 1.73. The van der Waals surface area contributed by atoms with Gasteiger partial charge in [0, 0.05) is 38.2 Å². The Labute approximate surface area is 125 Å². The molecule has 0 aliphatic heterocycles. The number of pyridine rings is 1. The van der Waals surface area contributed by atoms with Crippen LogP contribution < -0.4 is 4.90 Å². The number of alkyl halides is 2. The van der Waals surface area contributed by atoms with Crippen molar-refractivity contribution in [3.8, 4) is 11.3 Å². The zero-order valence-electron chi connectivity index (χ0n) is 11.4. The summed E-state index contributed by atoms with van der Waals surface area (Å²) in [7, 11) is 1.83. The summed E-state index contributed by atoms with van der Waals surface area (Å²) in [6.07, 6.45) is 3.30. The Morgan fingerprint density at radius 3 is 2.86 bits per heavy atom. The molecule has 1 N–H and O–H groups in total. The second kappa shape index (κ2) is 6.82. The van der Waals surface area contributed by atoms with E-state index in [2.05, 4.69) is 10.1 Å². The normalized spacial score (nSPS) is 11.1. The molecule has 0 unspecified atom stereocenters. The molecule has 8 heteroatoms. The predicted molar refractivity (Wildman–Crippen MR) is 76.7 cm³/mol. The van der Waals surface area contributed by atoms with E-state index in [1.165, 1.54) is 18.5 Å². The van der Waals surface area contributed by atoms with E-state index in [0.29, 0.717) is 34.1 Å². The molecule has 0 saturated carbocycles. The van der Waals surface area contributed by atoms with Crippen molar-refractivity contribution in [3.63, 3.8) is 0 Å². The average molecular weight is 317 g/mol. The minimum absolute atomic E-state index is 0.0680. The Balaban J connectivity index is 2.37. The van der Waals surface area contributed by atoms with E-state index >= 15 is 0 Å². The van der Waals surface area contributed by atoms with Gasteiger partial charge in [-0.1, -0.05) is 11.6 Å². The molecule has 5 nitrogen and oxygen atoms in total. The van der Waals surface area contributed by atoms with Gasteiger partial charge in [0.1, 0.15) is 5.15 Å². The maximum absolute atomic E-state index is 12.6. The summed E-state index contributed by atoms with van der Waals surface area (Å²) >= 11 is 5.91. The molecule has 2 aromatic heterocycles. The molecule has 0 saturated heterocycles. The van der Waals surface area contributed by atoms with E-state index in [1.807, 2.05) is 11.9 Å². The maximum atomic E-state index is 12.6. The van der Waals surface area contributed by atoms with Crippen LogP contribution >= 0.6 is 11.6 Å². The molecule has 0 aliphatic carbocycles. The number of nitrogens with zero attached hydrogens (tertiary/aromatic N) is 4. The Kier molecular flexibility index (Phi) is 5.08. The topological polar surface area (TPSA) is 54.2 Å². The van der Waals surface area contributed by atoms with Crippen molar-refractivity contribution in [2.75, 3.05) is 25.1 Å². The van der Waals surface area contributed by atoms with E-state index in [-0.39, 0.29) is 6.61 Å². The van der Waals surface area contributed by atoms with Crippen LogP contribution in [0.5, 0.6) is 0 Å². The quantitative estimate of drug-likeness (QED) is 0.833. The van der Waals surface area contributed by atoms with Crippen LogP contribution in [0.1, 0.15) is 13.0 Å². The van der Waals surface area contributed by atoms with Gasteiger partial charge in [0.05, 0.1) is 11.4 Å². The van der Waals surface area contributed by atoms with Crippen LogP contribution in [0, 0.1) is 0 Å². The van der Waals surface area contributed by atoms with Gasteiger partial charge in [-0.15, -0.1) is 0 Å². The number of aromatic nitrogens is 3. The number of hydrogen-bond acceptors (Lipinski definition) is 4. The lowest BCUT2D eigenvalue weighted by atomic mass is 10.1. The second-order valence-corrected chi connectivity index (χ2v) is 4.87. The maximum Gasteiger partial charge on any atom is 0.333 e. The zero-order valence-corrected chi connectivity index (χ0v) is 12.1. The molecule has 0 spiro atoms. The van der Waals surface area contributed by atoms with Gasteiger partial charge in [-0.25, -0.2) is 9.67 Å². The molecule has 0 aliphatic rings. The average Bonchev–Trinajstić information content (AvgIpc) is 2.94. The third kappa shape index (κ3) is 3.68. The van der Waals surface area contributed by atoms with Gasteiger partial charge in [0.15, 0.2) is 0 Å². The fourth-order valence-electron chi connectivity index (χ4n) is 1.95. The highest BCUT2D eigenvalue weighted by atomic mass is 35.5. The Morgan fingerprint density at radius 2 is 2.24 bits per heavy atom. The highest BCUT2D eigenvalue weighted by Gasteiger charge is 2.15. The van der Waals surface area contributed by atoms with Crippen molar-refractivity contribution in [1.82, 2.24) is 14.8 Å². The molecule has 114 valence electrons. The summed E-state index contributed by atoms with van der Waals surface area (Å²) in [5.74, 6) is 0. The third-order valence-corrected chi connectivity index (χ3v) is 3.20. The lowest BCUT2D eigenvalue weighted by molar-refractivity contribution is 0.0568. The van der Waals surface area contributed by atoms with Gasteiger partial charge in [-0.3, -0.25) is 0 Å².